The summed E-state index contributed by atoms with van der Waals surface area (Å²) in [7, 11) is 0. The molecule has 0 saturated carbocycles. The number of benzene rings is 1. The van der Waals surface area contributed by atoms with Crippen LogP contribution in [0.5, 0.6) is 0 Å². The van der Waals surface area contributed by atoms with Gasteiger partial charge in [0.1, 0.15) is 17.5 Å². The van der Waals surface area contributed by atoms with Gasteiger partial charge in [0.05, 0.1) is 28.8 Å². The molecule has 0 bridgehead atoms. The average Bonchev–Trinajstić information content (AvgIpc) is 2.78. The fourth-order valence-electron chi connectivity index (χ4n) is 1.79. The molecule has 23 heavy (non-hydrogen) atoms. The largest absolute Gasteiger partial charge is 0.301 e. The van der Waals surface area contributed by atoms with Crippen LogP contribution in [-0.2, 0) is 4.79 Å². The van der Waals surface area contributed by atoms with Crippen LogP contribution in [0.4, 0.5) is 18.3 Å². The lowest BCUT2D eigenvalue weighted by molar-refractivity contribution is -0.113. The second-order valence-electron chi connectivity index (χ2n) is 4.37. The number of nitrogens with one attached hydrogen (secondary N) is 1. The number of nitrogens with zero attached hydrogens (tertiary/aromatic N) is 2. The van der Waals surface area contributed by atoms with Crippen LogP contribution in [0.3, 0.4) is 0 Å². The number of carbonyl (C=O) groups is 1. The summed E-state index contributed by atoms with van der Waals surface area (Å²) >= 11 is 2.19. The molecule has 1 aromatic carbocycles. The minimum absolute atomic E-state index is 0.0185. The summed E-state index contributed by atoms with van der Waals surface area (Å²) in [6.07, 6.45) is 0. The summed E-state index contributed by atoms with van der Waals surface area (Å²) in [5.41, 5.74) is -0.413. The Kier molecular flexibility index (Phi) is 5.63. The summed E-state index contributed by atoms with van der Waals surface area (Å²) in [5, 5.41) is 11.1. The highest BCUT2D eigenvalue weighted by atomic mass is 32.2. The van der Waals surface area contributed by atoms with Crippen molar-refractivity contribution < 1.29 is 18.0 Å². The maximum atomic E-state index is 13.8. The summed E-state index contributed by atoms with van der Waals surface area (Å²) < 4.78 is 40.6. The number of hydrogen-bond donors (Lipinski definition) is 1. The number of thiazole rings is 1. The first-order valence-electron chi connectivity index (χ1n) is 6.29. The van der Waals surface area contributed by atoms with Crippen molar-refractivity contribution in [2.75, 3.05) is 16.8 Å². The molecule has 0 radical (unpaired) electrons. The number of aryl methyl sites for hydroxylation is 1. The SMILES string of the molecule is Cc1sc(NC(=O)CSCC#N)nc1-c1c(F)cc(F)cc1F. The van der Waals surface area contributed by atoms with E-state index >= 15 is 0 Å². The molecule has 0 fully saturated rings. The van der Waals surface area contributed by atoms with Gasteiger partial charge in [-0.15, -0.1) is 23.1 Å². The van der Waals surface area contributed by atoms with Gasteiger partial charge in [-0.05, 0) is 6.92 Å². The molecule has 0 saturated heterocycles. The number of rotatable bonds is 5. The molecule has 0 atom stereocenters. The van der Waals surface area contributed by atoms with E-state index in [1.54, 1.807) is 6.92 Å². The van der Waals surface area contributed by atoms with Crippen LogP contribution in [0.1, 0.15) is 4.88 Å². The van der Waals surface area contributed by atoms with Gasteiger partial charge >= 0.3 is 0 Å². The molecule has 4 nitrogen and oxygen atoms in total. The Hall–Kier alpha value is -2.05. The summed E-state index contributed by atoms with van der Waals surface area (Å²) in [5.74, 6) is -3.25. The van der Waals surface area contributed by atoms with Gasteiger partial charge in [-0.1, -0.05) is 0 Å². The minimum atomic E-state index is -1.06. The third kappa shape index (κ3) is 4.24. The molecule has 1 amide bonds. The minimum Gasteiger partial charge on any atom is -0.301 e. The van der Waals surface area contributed by atoms with Crippen LogP contribution < -0.4 is 5.32 Å². The number of anilines is 1. The van der Waals surface area contributed by atoms with Gasteiger partial charge in [-0.2, -0.15) is 5.26 Å². The highest BCUT2D eigenvalue weighted by Gasteiger charge is 2.20. The third-order valence-electron chi connectivity index (χ3n) is 2.69. The Balaban J connectivity index is 2.22. The van der Waals surface area contributed by atoms with Gasteiger partial charge in [-0.3, -0.25) is 4.79 Å². The number of aromatic nitrogens is 1. The van der Waals surface area contributed by atoms with Crippen molar-refractivity contribution in [3.63, 3.8) is 0 Å². The van der Waals surface area contributed by atoms with Crippen molar-refractivity contribution in [3.05, 3.63) is 34.5 Å². The predicted octanol–water partition coefficient (Wildman–Crippen LogP) is 3.73. The van der Waals surface area contributed by atoms with Crippen molar-refractivity contribution in [1.82, 2.24) is 4.98 Å². The van der Waals surface area contributed by atoms with E-state index in [9.17, 15) is 18.0 Å². The Morgan fingerprint density at radius 3 is 2.65 bits per heavy atom. The van der Waals surface area contributed by atoms with E-state index in [1.165, 1.54) is 0 Å². The van der Waals surface area contributed by atoms with Gasteiger partial charge in [-0.25, -0.2) is 18.2 Å². The molecule has 0 spiro atoms. The van der Waals surface area contributed by atoms with Gasteiger partial charge < -0.3 is 5.32 Å². The van der Waals surface area contributed by atoms with E-state index in [0.717, 1.165) is 23.1 Å². The van der Waals surface area contributed by atoms with E-state index in [1.807, 2.05) is 6.07 Å². The average molecular weight is 357 g/mol. The molecule has 1 N–H and O–H groups in total. The zero-order valence-electron chi connectivity index (χ0n) is 11.8. The van der Waals surface area contributed by atoms with Gasteiger partial charge in [0.25, 0.3) is 0 Å². The monoisotopic (exact) mass is 357 g/mol. The summed E-state index contributed by atoms with van der Waals surface area (Å²) in [6.45, 7) is 1.59. The molecular weight excluding hydrogens is 347 g/mol. The zero-order chi connectivity index (χ0) is 17.0. The molecular formula is C14H10F3N3OS2. The number of amides is 1. The van der Waals surface area contributed by atoms with Crippen LogP contribution in [0, 0.1) is 35.7 Å². The van der Waals surface area contributed by atoms with Crippen LogP contribution in [0.2, 0.25) is 0 Å². The van der Waals surface area contributed by atoms with E-state index in [-0.39, 0.29) is 28.2 Å². The molecule has 0 aliphatic rings. The van der Waals surface area contributed by atoms with Gasteiger partial charge in [0.15, 0.2) is 5.13 Å². The molecule has 1 aromatic heterocycles. The number of hydrogen-bond acceptors (Lipinski definition) is 5. The quantitative estimate of drug-likeness (QED) is 0.828. The maximum absolute atomic E-state index is 13.8. The third-order valence-corrected chi connectivity index (χ3v) is 4.37. The molecule has 2 aromatic rings. The lowest BCUT2D eigenvalue weighted by Gasteiger charge is -2.03. The lowest BCUT2D eigenvalue weighted by atomic mass is 10.1. The number of halogens is 3. The maximum Gasteiger partial charge on any atom is 0.236 e. The Morgan fingerprint density at radius 2 is 2.04 bits per heavy atom. The fraction of sp³-hybridized carbons (Fsp3) is 0.214. The van der Waals surface area contributed by atoms with Gasteiger partial charge in [0.2, 0.25) is 5.91 Å². The Morgan fingerprint density at radius 1 is 1.39 bits per heavy atom. The van der Waals surface area contributed by atoms with E-state index in [0.29, 0.717) is 17.0 Å². The Labute approximate surface area is 138 Å². The normalized spacial score (nSPS) is 10.4. The van der Waals surface area contributed by atoms with Crippen molar-refractivity contribution in [3.8, 4) is 17.3 Å². The lowest BCUT2D eigenvalue weighted by Crippen LogP contribution is -2.14. The van der Waals surface area contributed by atoms with E-state index in [4.69, 9.17) is 5.26 Å². The molecule has 120 valence electrons. The fourth-order valence-corrected chi connectivity index (χ4v) is 3.08. The first-order valence-corrected chi connectivity index (χ1v) is 8.26. The van der Waals surface area contributed by atoms with Crippen LogP contribution in [0.15, 0.2) is 12.1 Å². The predicted molar refractivity (Wildman–Crippen MR) is 83.7 cm³/mol. The standard InChI is InChI=1S/C14H10F3N3OS2/c1-7-13(12-9(16)4-8(15)5-10(12)17)20-14(23-7)19-11(21)6-22-3-2-18/h4-5H,3,6H2,1H3,(H,19,20,21). The molecule has 2 rings (SSSR count). The Bertz CT molecular complexity index is 763. The van der Waals surface area contributed by atoms with Crippen molar-refractivity contribution >= 4 is 34.1 Å². The number of nitriles is 1. The molecule has 0 aliphatic carbocycles. The highest BCUT2D eigenvalue weighted by Crippen LogP contribution is 2.34. The van der Waals surface area contributed by atoms with Crippen molar-refractivity contribution in [2.24, 2.45) is 0 Å². The smallest absolute Gasteiger partial charge is 0.236 e. The first kappa shape index (κ1) is 17.3. The molecule has 0 aliphatic heterocycles. The topological polar surface area (TPSA) is 65.8 Å². The summed E-state index contributed by atoms with van der Waals surface area (Å²) in [6, 6.07) is 3.05. The number of thioether (sulfide) groups is 1. The highest BCUT2D eigenvalue weighted by molar-refractivity contribution is 8.00. The molecule has 1 heterocycles. The zero-order valence-corrected chi connectivity index (χ0v) is 13.5. The van der Waals surface area contributed by atoms with Crippen LogP contribution in [0.25, 0.3) is 11.3 Å². The van der Waals surface area contributed by atoms with Gasteiger partial charge in [0, 0.05) is 17.0 Å². The van der Waals surface area contributed by atoms with E-state index in [2.05, 4.69) is 10.3 Å². The second-order valence-corrected chi connectivity index (χ2v) is 6.56. The van der Waals surface area contributed by atoms with Crippen molar-refractivity contribution in [1.29, 1.82) is 5.26 Å². The molecule has 9 heteroatoms. The van der Waals surface area contributed by atoms with Crippen LogP contribution in [-0.4, -0.2) is 22.4 Å². The van der Waals surface area contributed by atoms with Crippen molar-refractivity contribution in [2.45, 2.75) is 6.92 Å². The molecule has 0 unspecified atom stereocenters. The second kappa shape index (κ2) is 7.48. The van der Waals surface area contributed by atoms with Crippen LogP contribution >= 0.6 is 23.1 Å². The first-order chi connectivity index (χ1) is 10.9. The number of carbonyl (C=O) groups excluding carboxylic acids is 1. The van der Waals surface area contributed by atoms with E-state index < -0.39 is 23.0 Å². The summed E-state index contributed by atoms with van der Waals surface area (Å²) in [4.78, 5) is 16.1.